The van der Waals surface area contributed by atoms with E-state index in [1.165, 1.54) is 16.0 Å². The lowest BCUT2D eigenvalue weighted by Gasteiger charge is -2.27. The van der Waals surface area contributed by atoms with Crippen LogP contribution in [0, 0.1) is 12.3 Å². The molecule has 0 radical (unpaired) electrons. The number of fused-ring (bicyclic) bond motifs is 1. The van der Waals surface area contributed by atoms with Crippen LogP contribution in [0.4, 0.5) is 5.13 Å². The molecule has 1 aromatic carbocycles. The van der Waals surface area contributed by atoms with Gasteiger partial charge < -0.3 is 5.32 Å². The fraction of sp³-hybridized carbons (Fsp3) is 0.364. The molecule has 2 amide bonds. The minimum Gasteiger partial charge on any atom is -0.348 e. The molecule has 0 saturated heterocycles. The van der Waals surface area contributed by atoms with Crippen molar-refractivity contribution < 1.29 is 9.59 Å². The molecule has 2 N–H and O–H groups in total. The monoisotopic (exact) mass is 425 g/mol. The smallest absolute Gasteiger partial charge is 0.273 e. The van der Waals surface area contributed by atoms with Crippen molar-refractivity contribution in [2.24, 2.45) is 5.41 Å². The van der Waals surface area contributed by atoms with Gasteiger partial charge in [-0.05, 0) is 38.3 Å². The molecule has 7 nitrogen and oxygen atoms in total. The zero-order valence-electron chi connectivity index (χ0n) is 18.2. The third kappa shape index (κ3) is 4.43. The van der Waals surface area contributed by atoms with E-state index < -0.39 is 0 Å². The van der Waals surface area contributed by atoms with Gasteiger partial charge in [-0.15, -0.1) is 0 Å². The molecule has 2 aromatic heterocycles. The number of hydrogen-bond acceptors (Lipinski definition) is 5. The fourth-order valence-corrected chi connectivity index (χ4v) is 3.55. The summed E-state index contributed by atoms with van der Waals surface area (Å²) in [4.78, 5) is 30.0. The summed E-state index contributed by atoms with van der Waals surface area (Å²) < 4.78 is 2.14. The zero-order valence-corrected chi connectivity index (χ0v) is 19.0. The third-order valence-electron chi connectivity index (χ3n) is 4.98. The first-order chi connectivity index (χ1) is 14.0. The first-order valence-electron chi connectivity index (χ1n) is 9.71. The van der Waals surface area contributed by atoms with Crippen molar-refractivity contribution >= 4 is 44.3 Å². The van der Waals surface area contributed by atoms with E-state index in [1.54, 1.807) is 19.1 Å². The fourth-order valence-electron chi connectivity index (χ4n) is 2.63. The van der Waals surface area contributed by atoms with E-state index in [2.05, 4.69) is 48.1 Å². The highest BCUT2D eigenvalue weighted by atomic mass is 32.1. The van der Waals surface area contributed by atoms with Crippen molar-refractivity contribution in [3.05, 3.63) is 47.7 Å². The SMILES string of the molecule is C=C(C)n1nc(C(=O)NC(C)C(C)(C)C)c2sc(NC(=O)c3ccc(C)cc3)nc21. The number of nitrogens with one attached hydrogen (secondary N) is 2. The van der Waals surface area contributed by atoms with Gasteiger partial charge in [0, 0.05) is 17.3 Å². The van der Waals surface area contributed by atoms with E-state index in [0.717, 1.165) is 5.56 Å². The molecule has 0 bridgehead atoms. The number of hydrogen-bond donors (Lipinski definition) is 2. The summed E-state index contributed by atoms with van der Waals surface area (Å²) in [5.41, 5.74) is 2.93. The summed E-state index contributed by atoms with van der Waals surface area (Å²) in [7, 11) is 0. The lowest BCUT2D eigenvalue weighted by molar-refractivity contribution is 0.0906. The topological polar surface area (TPSA) is 88.9 Å². The number of aromatic nitrogens is 3. The van der Waals surface area contributed by atoms with Gasteiger partial charge >= 0.3 is 0 Å². The normalized spacial score (nSPS) is 12.6. The van der Waals surface area contributed by atoms with Crippen LogP contribution in [0.2, 0.25) is 0 Å². The number of carbonyl (C=O) groups excluding carboxylic acids is 2. The van der Waals surface area contributed by atoms with Crippen molar-refractivity contribution in [1.82, 2.24) is 20.1 Å². The largest absolute Gasteiger partial charge is 0.348 e. The zero-order chi connectivity index (χ0) is 22.2. The second-order valence-corrected chi connectivity index (χ2v) is 9.55. The van der Waals surface area contributed by atoms with Crippen molar-refractivity contribution in [3.63, 3.8) is 0 Å². The molecule has 1 unspecified atom stereocenters. The number of benzene rings is 1. The van der Waals surface area contributed by atoms with Gasteiger partial charge in [0.2, 0.25) is 0 Å². The summed E-state index contributed by atoms with van der Waals surface area (Å²) >= 11 is 1.22. The minimum absolute atomic E-state index is 0.0522. The van der Waals surface area contributed by atoms with Crippen molar-refractivity contribution in [3.8, 4) is 0 Å². The molecule has 0 spiro atoms. The van der Waals surface area contributed by atoms with Crippen LogP contribution in [0.25, 0.3) is 16.0 Å². The highest BCUT2D eigenvalue weighted by molar-refractivity contribution is 7.22. The van der Waals surface area contributed by atoms with Crippen LogP contribution >= 0.6 is 11.3 Å². The number of thiazole rings is 1. The van der Waals surface area contributed by atoms with Gasteiger partial charge in [0.25, 0.3) is 11.8 Å². The molecule has 0 aliphatic rings. The number of nitrogens with zero attached hydrogens (tertiary/aromatic N) is 3. The second kappa shape index (κ2) is 8.02. The number of allylic oxidation sites excluding steroid dienone is 1. The van der Waals surface area contributed by atoms with E-state index in [1.807, 2.05) is 26.0 Å². The van der Waals surface area contributed by atoms with Gasteiger partial charge in [0.1, 0.15) is 4.70 Å². The van der Waals surface area contributed by atoms with Crippen LogP contribution in [-0.2, 0) is 0 Å². The van der Waals surface area contributed by atoms with E-state index in [-0.39, 0.29) is 29.0 Å². The molecule has 2 heterocycles. The van der Waals surface area contributed by atoms with Crippen LogP contribution in [0.5, 0.6) is 0 Å². The average Bonchev–Trinajstić information content (AvgIpc) is 3.19. The molecule has 158 valence electrons. The predicted molar refractivity (Wildman–Crippen MR) is 122 cm³/mol. The Bertz CT molecular complexity index is 1120. The Balaban J connectivity index is 1.93. The number of anilines is 1. The molecule has 3 aromatic rings. The molecule has 1 atom stereocenters. The van der Waals surface area contributed by atoms with E-state index >= 15 is 0 Å². The Morgan fingerprint density at radius 1 is 1.17 bits per heavy atom. The summed E-state index contributed by atoms with van der Waals surface area (Å²) in [6, 6.07) is 7.24. The Labute approximate surface area is 180 Å². The van der Waals surface area contributed by atoms with E-state index in [9.17, 15) is 9.59 Å². The van der Waals surface area contributed by atoms with E-state index in [0.29, 0.717) is 26.7 Å². The van der Waals surface area contributed by atoms with Crippen LogP contribution < -0.4 is 10.6 Å². The highest BCUT2D eigenvalue weighted by Gasteiger charge is 2.27. The molecular formula is C22H27N5O2S. The maximum atomic E-state index is 12.9. The molecular weight excluding hydrogens is 398 g/mol. The van der Waals surface area contributed by atoms with Crippen molar-refractivity contribution in [2.45, 2.75) is 47.6 Å². The first-order valence-corrected chi connectivity index (χ1v) is 10.5. The van der Waals surface area contributed by atoms with Crippen LogP contribution in [0.3, 0.4) is 0 Å². The van der Waals surface area contributed by atoms with Crippen LogP contribution in [-0.4, -0.2) is 32.6 Å². The van der Waals surface area contributed by atoms with Crippen LogP contribution in [0.1, 0.15) is 61.0 Å². The summed E-state index contributed by atoms with van der Waals surface area (Å²) in [5, 5.41) is 10.6. The molecule has 8 heteroatoms. The molecule has 0 aliphatic carbocycles. The third-order valence-corrected chi connectivity index (χ3v) is 5.95. The highest BCUT2D eigenvalue weighted by Crippen LogP contribution is 2.31. The number of aryl methyl sites for hydroxylation is 1. The average molecular weight is 426 g/mol. The standard InChI is InChI=1S/C22H27N5O2S/c1-12(2)27-18-17(16(26-27)20(29)23-14(4)22(5,6)7)30-21(24-18)25-19(28)15-10-8-13(3)9-11-15/h8-11,14H,1H2,2-7H3,(H,23,29)(H,24,25,28). The van der Waals surface area contributed by atoms with Gasteiger partial charge in [-0.2, -0.15) is 10.1 Å². The Morgan fingerprint density at radius 2 is 1.80 bits per heavy atom. The molecule has 0 fully saturated rings. The lowest BCUT2D eigenvalue weighted by atomic mass is 9.88. The summed E-state index contributed by atoms with van der Waals surface area (Å²) in [6.07, 6.45) is 0. The van der Waals surface area contributed by atoms with Gasteiger partial charge in [-0.1, -0.05) is 56.4 Å². The maximum Gasteiger partial charge on any atom is 0.273 e. The van der Waals surface area contributed by atoms with Crippen LogP contribution in [0.15, 0.2) is 30.8 Å². The van der Waals surface area contributed by atoms with Crippen molar-refractivity contribution in [2.75, 3.05) is 5.32 Å². The Hall–Kier alpha value is -3.00. The predicted octanol–water partition coefficient (Wildman–Crippen LogP) is 4.71. The van der Waals surface area contributed by atoms with Gasteiger partial charge in [-0.3, -0.25) is 14.9 Å². The van der Waals surface area contributed by atoms with Crippen molar-refractivity contribution in [1.29, 1.82) is 0 Å². The molecule has 30 heavy (non-hydrogen) atoms. The Morgan fingerprint density at radius 3 is 2.37 bits per heavy atom. The van der Waals surface area contributed by atoms with E-state index in [4.69, 9.17) is 0 Å². The first kappa shape index (κ1) is 21.7. The van der Waals surface area contributed by atoms with Gasteiger partial charge in [0.15, 0.2) is 16.5 Å². The second-order valence-electron chi connectivity index (χ2n) is 8.55. The summed E-state index contributed by atoms with van der Waals surface area (Å²) in [5.74, 6) is -0.531. The Kier molecular flexibility index (Phi) is 5.81. The molecule has 0 saturated carbocycles. The molecule has 3 rings (SSSR count). The summed E-state index contributed by atoms with van der Waals surface area (Å²) in [6.45, 7) is 15.8. The minimum atomic E-state index is -0.275. The quantitative estimate of drug-likeness (QED) is 0.620. The maximum absolute atomic E-state index is 12.9. The lowest BCUT2D eigenvalue weighted by Crippen LogP contribution is -2.41. The number of carbonyl (C=O) groups is 2. The molecule has 0 aliphatic heterocycles. The number of amides is 2. The number of rotatable bonds is 5. The van der Waals surface area contributed by atoms with Gasteiger partial charge in [0.05, 0.1) is 0 Å². The van der Waals surface area contributed by atoms with Gasteiger partial charge in [-0.25, -0.2) is 4.68 Å².